The molecule has 0 radical (unpaired) electrons. The van der Waals surface area contributed by atoms with Gasteiger partial charge in [0.2, 0.25) is 5.91 Å². The summed E-state index contributed by atoms with van der Waals surface area (Å²) in [5, 5.41) is 4.75. The number of amides is 1. The molecule has 5 nitrogen and oxygen atoms in total. The summed E-state index contributed by atoms with van der Waals surface area (Å²) in [5.41, 5.74) is 7.46. The Hall–Kier alpha value is -1.50. The second kappa shape index (κ2) is 10.7. The van der Waals surface area contributed by atoms with E-state index in [0.717, 1.165) is 35.5 Å². The SMILES string of the molecule is CCC/C(Sc1ccc(NC(=O)C(C)(C)C)cc1)=C(/CC)N(N)C[C@H](C)N. The van der Waals surface area contributed by atoms with E-state index in [1.54, 1.807) is 16.8 Å². The van der Waals surface area contributed by atoms with Crippen molar-refractivity contribution in [2.24, 2.45) is 17.0 Å². The van der Waals surface area contributed by atoms with Crippen LogP contribution in [-0.4, -0.2) is 23.5 Å². The first-order valence-electron chi connectivity index (χ1n) is 9.67. The number of hydrogen-bond acceptors (Lipinski definition) is 5. The van der Waals surface area contributed by atoms with Crippen molar-refractivity contribution in [2.75, 3.05) is 11.9 Å². The zero-order valence-corrected chi connectivity index (χ0v) is 18.5. The van der Waals surface area contributed by atoms with Crippen LogP contribution in [0.2, 0.25) is 0 Å². The van der Waals surface area contributed by atoms with Crippen LogP contribution < -0.4 is 16.9 Å². The molecule has 6 heteroatoms. The number of allylic oxidation sites excluding steroid dienone is 2. The second-order valence-electron chi connectivity index (χ2n) is 7.93. The van der Waals surface area contributed by atoms with E-state index in [-0.39, 0.29) is 11.9 Å². The standard InChI is InChI=1S/C21H36N4OS/c1-7-9-19(18(8-2)25(23)14-15(3)22)27-17-12-10-16(11-13-17)24-20(26)21(4,5)6/h10-13,15H,7-9,14,22-23H2,1-6H3,(H,24,26)/b19-18+/t15-/m0/s1. The molecule has 27 heavy (non-hydrogen) atoms. The van der Waals surface area contributed by atoms with Crippen molar-refractivity contribution in [1.29, 1.82) is 0 Å². The molecule has 152 valence electrons. The van der Waals surface area contributed by atoms with Gasteiger partial charge in [0.1, 0.15) is 0 Å². The van der Waals surface area contributed by atoms with Gasteiger partial charge in [-0.25, -0.2) is 5.84 Å². The number of nitrogens with zero attached hydrogens (tertiary/aromatic N) is 1. The summed E-state index contributed by atoms with van der Waals surface area (Å²) in [6.07, 6.45) is 2.89. The smallest absolute Gasteiger partial charge is 0.229 e. The zero-order chi connectivity index (χ0) is 20.6. The molecule has 0 aliphatic rings. The third-order valence-electron chi connectivity index (χ3n) is 4.00. The Labute approximate surface area is 168 Å². The number of carbonyl (C=O) groups excluding carboxylic acids is 1. The van der Waals surface area contributed by atoms with Crippen molar-refractivity contribution in [1.82, 2.24) is 5.01 Å². The molecule has 1 amide bonds. The van der Waals surface area contributed by atoms with Crippen LogP contribution in [0.5, 0.6) is 0 Å². The molecule has 0 saturated carbocycles. The van der Waals surface area contributed by atoms with Gasteiger partial charge >= 0.3 is 0 Å². The maximum absolute atomic E-state index is 12.1. The second-order valence-corrected chi connectivity index (χ2v) is 9.10. The van der Waals surface area contributed by atoms with E-state index in [1.165, 1.54) is 4.91 Å². The van der Waals surface area contributed by atoms with Crippen molar-refractivity contribution in [3.05, 3.63) is 34.9 Å². The summed E-state index contributed by atoms with van der Waals surface area (Å²) >= 11 is 1.74. The number of nitrogens with one attached hydrogen (secondary N) is 1. The number of hydrazine groups is 1. The molecule has 0 aromatic heterocycles. The number of rotatable bonds is 9. The van der Waals surface area contributed by atoms with Crippen LogP contribution in [-0.2, 0) is 4.79 Å². The highest BCUT2D eigenvalue weighted by Crippen LogP contribution is 2.34. The molecule has 0 heterocycles. The van der Waals surface area contributed by atoms with Crippen molar-refractivity contribution >= 4 is 23.4 Å². The average Bonchev–Trinajstić information content (AvgIpc) is 2.55. The van der Waals surface area contributed by atoms with Gasteiger partial charge in [-0.3, -0.25) is 4.79 Å². The first-order valence-corrected chi connectivity index (χ1v) is 10.5. The summed E-state index contributed by atoms with van der Waals surface area (Å²) in [7, 11) is 0. The highest BCUT2D eigenvalue weighted by atomic mass is 32.2. The number of nitrogens with two attached hydrogens (primary N) is 2. The van der Waals surface area contributed by atoms with E-state index in [1.807, 2.05) is 52.0 Å². The van der Waals surface area contributed by atoms with Gasteiger partial charge in [-0.1, -0.05) is 52.8 Å². The van der Waals surface area contributed by atoms with Gasteiger partial charge in [0.25, 0.3) is 0 Å². The Kier molecular flexibility index (Phi) is 9.36. The van der Waals surface area contributed by atoms with Crippen LogP contribution in [0.15, 0.2) is 39.8 Å². The summed E-state index contributed by atoms with van der Waals surface area (Å²) < 4.78 is 0. The number of anilines is 1. The van der Waals surface area contributed by atoms with Gasteiger partial charge in [0.05, 0.1) is 0 Å². The van der Waals surface area contributed by atoms with Crippen LogP contribution in [0, 0.1) is 5.41 Å². The zero-order valence-electron chi connectivity index (χ0n) is 17.6. The Morgan fingerprint density at radius 3 is 2.26 bits per heavy atom. The molecule has 0 fully saturated rings. The first kappa shape index (κ1) is 23.5. The number of carbonyl (C=O) groups is 1. The molecule has 1 atom stereocenters. The summed E-state index contributed by atoms with van der Waals surface area (Å²) in [4.78, 5) is 14.5. The molecule has 0 spiro atoms. The molecule has 1 rings (SSSR count). The lowest BCUT2D eigenvalue weighted by Gasteiger charge is -2.26. The van der Waals surface area contributed by atoms with Crippen LogP contribution in [0.4, 0.5) is 5.69 Å². The van der Waals surface area contributed by atoms with Crippen LogP contribution in [0.3, 0.4) is 0 Å². The molecular formula is C21H36N4OS. The van der Waals surface area contributed by atoms with Crippen molar-refractivity contribution < 1.29 is 4.79 Å². The third-order valence-corrected chi connectivity index (χ3v) is 5.19. The predicted octanol–water partition coefficient (Wildman–Crippen LogP) is 4.71. The summed E-state index contributed by atoms with van der Waals surface area (Å²) in [6.45, 7) is 12.6. The van der Waals surface area contributed by atoms with E-state index in [2.05, 4.69) is 19.2 Å². The van der Waals surface area contributed by atoms with Crippen LogP contribution in [0.1, 0.15) is 60.8 Å². The minimum Gasteiger partial charge on any atom is -0.326 e. The van der Waals surface area contributed by atoms with Gasteiger partial charge < -0.3 is 16.1 Å². The lowest BCUT2D eigenvalue weighted by atomic mass is 9.95. The fourth-order valence-electron chi connectivity index (χ4n) is 2.53. The molecular weight excluding hydrogens is 356 g/mol. The quantitative estimate of drug-likeness (QED) is 0.322. The van der Waals surface area contributed by atoms with Gasteiger partial charge in [0.15, 0.2) is 0 Å². The number of hydrogen-bond donors (Lipinski definition) is 3. The minimum absolute atomic E-state index is 0.0115. The summed E-state index contributed by atoms with van der Waals surface area (Å²) in [5.74, 6) is 6.28. The average molecular weight is 393 g/mol. The Morgan fingerprint density at radius 2 is 1.81 bits per heavy atom. The molecule has 0 aliphatic heterocycles. The Balaban J connectivity index is 2.96. The molecule has 5 N–H and O–H groups in total. The first-order chi connectivity index (χ1) is 12.6. The highest BCUT2D eigenvalue weighted by Gasteiger charge is 2.21. The fraction of sp³-hybridized carbons (Fsp3) is 0.571. The normalized spacial score (nSPS) is 13.8. The number of thioether (sulfide) groups is 1. The van der Waals surface area contributed by atoms with Gasteiger partial charge in [-0.05, 0) is 44.0 Å². The van der Waals surface area contributed by atoms with E-state index < -0.39 is 5.41 Å². The van der Waals surface area contributed by atoms with Crippen LogP contribution >= 0.6 is 11.8 Å². The number of benzene rings is 1. The van der Waals surface area contributed by atoms with Gasteiger partial charge in [0, 0.05) is 39.2 Å². The molecule has 1 aromatic carbocycles. The monoisotopic (exact) mass is 392 g/mol. The molecule has 0 unspecified atom stereocenters. The van der Waals surface area contributed by atoms with Gasteiger partial charge in [-0.15, -0.1) is 0 Å². The summed E-state index contributed by atoms with van der Waals surface area (Å²) in [6, 6.07) is 8.00. The van der Waals surface area contributed by atoms with Crippen molar-refractivity contribution in [3.63, 3.8) is 0 Å². The Morgan fingerprint density at radius 1 is 1.22 bits per heavy atom. The van der Waals surface area contributed by atoms with Crippen molar-refractivity contribution in [2.45, 2.75) is 71.7 Å². The fourth-order valence-corrected chi connectivity index (χ4v) is 3.77. The third kappa shape index (κ3) is 7.95. The van der Waals surface area contributed by atoms with E-state index >= 15 is 0 Å². The van der Waals surface area contributed by atoms with Crippen LogP contribution in [0.25, 0.3) is 0 Å². The van der Waals surface area contributed by atoms with E-state index in [0.29, 0.717) is 6.54 Å². The van der Waals surface area contributed by atoms with E-state index in [4.69, 9.17) is 11.6 Å². The lowest BCUT2D eigenvalue weighted by Crippen LogP contribution is -2.40. The van der Waals surface area contributed by atoms with Gasteiger partial charge in [-0.2, -0.15) is 0 Å². The molecule has 0 bridgehead atoms. The Bertz CT molecular complexity index is 633. The topological polar surface area (TPSA) is 84.4 Å². The lowest BCUT2D eigenvalue weighted by molar-refractivity contribution is -0.123. The predicted molar refractivity (Wildman–Crippen MR) is 117 cm³/mol. The molecule has 1 aromatic rings. The largest absolute Gasteiger partial charge is 0.326 e. The van der Waals surface area contributed by atoms with E-state index in [9.17, 15) is 4.79 Å². The maximum Gasteiger partial charge on any atom is 0.229 e. The highest BCUT2D eigenvalue weighted by molar-refractivity contribution is 8.03. The van der Waals surface area contributed by atoms with Crippen molar-refractivity contribution in [3.8, 4) is 0 Å². The molecule has 0 aliphatic carbocycles. The minimum atomic E-state index is -0.412. The molecule has 0 saturated heterocycles. The maximum atomic E-state index is 12.1.